The van der Waals surface area contributed by atoms with Gasteiger partial charge in [-0.3, -0.25) is 0 Å². The fourth-order valence-corrected chi connectivity index (χ4v) is 3.32. The minimum atomic E-state index is -0.315. The lowest BCUT2D eigenvalue weighted by atomic mass is 10.2. The maximum absolute atomic E-state index is 12.2. The smallest absolute Gasteiger partial charge is 0.323 e. The normalized spacial score (nSPS) is 13.0. The first-order valence-electron chi connectivity index (χ1n) is 9.86. The van der Waals surface area contributed by atoms with Gasteiger partial charge in [0.1, 0.15) is 5.75 Å². The summed E-state index contributed by atoms with van der Waals surface area (Å²) in [4.78, 5) is 14.5. The number of hydrogen-bond donors (Lipinski definition) is 3. The molecule has 2 heterocycles. The molecular formula is C22H24N6O2. The highest BCUT2D eigenvalue weighted by atomic mass is 16.5. The van der Waals surface area contributed by atoms with Crippen LogP contribution in [0.15, 0.2) is 60.8 Å². The number of hydrogen-bond acceptors (Lipinski definition) is 6. The first kappa shape index (κ1) is 19.5. The molecule has 1 fully saturated rings. The Morgan fingerprint density at radius 3 is 2.17 bits per heavy atom. The molecule has 0 aliphatic carbocycles. The molecule has 1 aliphatic rings. The number of benzene rings is 2. The highest BCUT2D eigenvalue weighted by molar-refractivity contribution is 5.99. The number of carbonyl (C=O) groups is 1. The molecular weight excluding hydrogens is 380 g/mol. The van der Waals surface area contributed by atoms with Crippen molar-refractivity contribution in [2.45, 2.75) is 12.8 Å². The van der Waals surface area contributed by atoms with Gasteiger partial charge in [-0.1, -0.05) is 0 Å². The SMILES string of the molecule is COc1ccc(NC(=O)Nc2ccc(Nc3cc(N4CCCC4)cnn3)cc2)cc1. The van der Waals surface area contributed by atoms with E-state index in [0.29, 0.717) is 17.2 Å². The number of amides is 2. The van der Waals surface area contributed by atoms with Crippen molar-refractivity contribution < 1.29 is 9.53 Å². The highest BCUT2D eigenvalue weighted by Gasteiger charge is 2.13. The van der Waals surface area contributed by atoms with Crippen LogP contribution in [0.2, 0.25) is 0 Å². The van der Waals surface area contributed by atoms with Crippen LogP contribution in [0, 0.1) is 0 Å². The summed E-state index contributed by atoms with van der Waals surface area (Å²) in [5, 5.41) is 17.1. The van der Waals surface area contributed by atoms with Crippen molar-refractivity contribution in [2.75, 3.05) is 41.0 Å². The molecule has 1 aromatic heterocycles. The fraction of sp³-hybridized carbons (Fsp3) is 0.227. The lowest BCUT2D eigenvalue weighted by Crippen LogP contribution is -2.19. The standard InChI is InChI=1S/C22H24N6O2/c1-30-20-10-8-18(9-11-20)26-22(29)25-17-6-4-16(5-7-17)24-21-14-19(15-23-27-21)28-12-2-3-13-28/h4-11,14-15H,2-3,12-13H2,1H3,(H,24,27)(H2,25,26,29). The molecule has 1 saturated heterocycles. The van der Waals surface area contributed by atoms with Gasteiger partial charge in [-0.25, -0.2) is 4.79 Å². The topological polar surface area (TPSA) is 91.4 Å². The first-order chi connectivity index (χ1) is 14.7. The Balaban J connectivity index is 1.33. The third-order valence-electron chi connectivity index (χ3n) is 4.87. The number of rotatable bonds is 6. The molecule has 2 aromatic carbocycles. The van der Waals surface area contributed by atoms with Crippen LogP contribution in [-0.2, 0) is 0 Å². The van der Waals surface area contributed by atoms with E-state index in [4.69, 9.17) is 4.74 Å². The number of nitrogens with zero attached hydrogens (tertiary/aromatic N) is 3. The number of carbonyl (C=O) groups excluding carboxylic acids is 1. The number of urea groups is 1. The predicted molar refractivity (Wildman–Crippen MR) is 119 cm³/mol. The van der Waals surface area contributed by atoms with Crippen LogP contribution in [0.1, 0.15) is 12.8 Å². The molecule has 2 amide bonds. The van der Waals surface area contributed by atoms with Gasteiger partial charge in [0, 0.05) is 36.2 Å². The zero-order valence-electron chi connectivity index (χ0n) is 16.8. The van der Waals surface area contributed by atoms with Crippen LogP contribution >= 0.6 is 0 Å². The molecule has 0 saturated carbocycles. The Morgan fingerprint density at radius 1 is 0.933 bits per heavy atom. The second-order valence-corrected chi connectivity index (χ2v) is 7.00. The zero-order chi connectivity index (χ0) is 20.8. The average Bonchev–Trinajstić information content (AvgIpc) is 3.31. The van der Waals surface area contributed by atoms with E-state index in [9.17, 15) is 4.79 Å². The number of aromatic nitrogens is 2. The van der Waals surface area contributed by atoms with E-state index >= 15 is 0 Å². The van der Waals surface area contributed by atoms with E-state index in [1.165, 1.54) is 12.8 Å². The Hall–Kier alpha value is -3.81. The van der Waals surface area contributed by atoms with Crippen LogP contribution in [-0.4, -0.2) is 36.4 Å². The molecule has 0 atom stereocenters. The first-order valence-corrected chi connectivity index (χ1v) is 9.86. The number of anilines is 5. The molecule has 8 nitrogen and oxygen atoms in total. The highest BCUT2D eigenvalue weighted by Crippen LogP contribution is 2.23. The van der Waals surface area contributed by atoms with E-state index in [0.717, 1.165) is 30.2 Å². The summed E-state index contributed by atoms with van der Waals surface area (Å²) in [5.41, 5.74) is 3.31. The molecule has 30 heavy (non-hydrogen) atoms. The molecule has 8 heteroatoms. The largest absolute Gasteiger partial charge is 0.497 e. The molecule has 1 aliphatic heterocycles. The lowest BCUT2D eigenvalue weighted by Gasteiger charge is -2.17. The minimum absolute atomic E-state index is 0.315. The average molecular weight is 404 g/mol. The summed E-state index contributed by atoms with van der Waals surface area (Å²) in [5.74, 6) is 1.43. The molecule has 154 valence electrons. The van der Waals surface area contributed by atoms with E-state index < -0.39 is 0 Å². The number of ether oxygens (including phenoxy) is 1. The Labute approximate surface area is 175 Å². The van der Waals surface area contributed by atoms with Crippen molar-refractivity contribution in [2.24, 2.45) is 0 Å². The van der Waals surface area contributed by atoms with E-state index in [-0.39, 0.29) is 6.03 Å². The summed E-state index contributed by atoms with van der Waals surface area (Å²) in [6, 6.07) is 16.3. The molecule has 0 spiro atoms. The third kappa shape index (κ3) is 4.96. The molecule has 0 unspecified atom stereocenters. The third-order valence-corrected chi connectivity index (χ3v) is 4.87. The summed E-state index contributed by atoms with van der Waals surface area (Å²) in [7, 11) is 1.60. The van der Waals surface area contributed by atoms with Crippen molar-refractivity contribution in [1.29, 1.82) is 0 Å². The zero-order valence-corrected chi connectivity index (χ0v) is 16.8. The van der Waals surface area contributed by atoms with Crippen molar-refractivity contribution in [1.82, 2.24) is 10.2 Å². The monoisotopic (exact) mass is 404 g/mol. The van der Waals surface area contributed by atoms with Gasteiger partial charge in [-0.15, -0.1) is 5.10 Å². The molecule has 3 aromatic rings. The lowest BCUT2D eigenvalue weighted by molar-refractivity contribution is 0.262. The second-order valence-electron chi connectivity index (χ2n) is 7.00. The van der Waals surface area contributed by atoms with Gasteiger partial charge in [0.2, 0.25) is 0 Å². The summed E-state index contributed by atoms with van der Waals surface area (Å²) in [6.45, 7) is 2.12. The van der Waals surface area contributed by atoms with Crippen LogP contribution < -0.4 is 25.6 Å². The molecule has 3 N–H and O–H groups in total. The van der Waals surface area contributed by atoms with Gasteiger partial charge < -0.3 is 25.6 Å². The van der Waals surface area contributed by atoms with Gasteiger partial charge >= 0.3 is 6.03 Å². The second kappa shape index (κ2) is 9.13. The molecule has 0 radical (unpaired) electrons. The summed E-state index contributed by atoms with van der Waals surface area (Å²) in [6.07, 6.45) is 4.22. The Kier molecular flexibility index (Phi) is 5.93. The maximum atomic E-state index is 12.2. The van der Waals surface area contributed by atoms with Crippen molar-refractivity contribution >= 4 is 34.6 Å². The minimum Gasteiger partial charge on any atom is -0.497 e. The predicted octanol–water partition coefficient (Wildman–Crippen LogP) is 4.47. The fourth-order valence-electron chi connectivity index (χ4n) is 3.32. The molecule has 0 bridgehead atoms. The van der Waals surface area contributed by atoms with Gasteiger partial charge in [0.15, 0.2) is 5.82 Å². The van der Waals surface area contributed by atoms with Gasteiger partial charge in [-0.2, -0.15) is 5.10 Å². The van der Waals surface area contributed by atoms with E-state index in [1.54, 1.807) is 37.6 Å². The Bertz CT molecular complexity index is 985. The van der Waals surface area contributed by atoms with Gasteiger partial charge in [0.05, 0.1) is 19.0 Å². The molecule has 4 rings (SSSR count). The van der Waals surface area contributed by atoms with Gasteiger partial charge in [0.25, 0.3) is 0 Å². The van der Waals surface area contributed by atoms with Crippen LogP contribution in [0.5, 0.6) is 5.75 Å². The van der Waals surface area contributed by atoms with Crippen molar-refractivity contribution in [3.8, 4) is 5.75 Å². The van der Waals surface area contributed by atoms with E-state index in [2.05, 4.69) is 31.0 Å². The van der Waals surface area contributed by atoms with E-state index in [1.807, 2.05) is 30.3 Å². The summed E-state index contributed by atoms with van der Waals surface area (Å²) >= 11 is 0. The van der Waals surface area contributed by atoms with Crippen LogP contribution in [0.25, 0.3) is 0 Å². The Morgan fingerprint density at radius 2 is 1.53 bits per heavy atom. The maximum Gasteiger partial charge on any atom is 0.323 e. The van der Waals surface area contributed by atoms with Gasteiger partial charge in [-0.05, 0) is 61.4 Å². The van der Waals surface area contributed by atoms with Crippen molar-refractivity contribution in [3.63, 3.8) is 0 Å². The quantitative estimate of drug-likeness (QED) is 0.561. The number of methoxy groups -OCH3 is 1. The van der Waals surface area contributed by atoms with Crippen LogP contribution in [0.3, 0.4) is 0 Å². The van der Waals surface area contributed by atoms with Crippen molar-refractivity contribution in [3.05, 3.63) is 60.8 Å². The van der Waals surface area contributed by atoms with Crippen LogP contribution in [0.4, 0.5) is 33.4 Å². The summed E-state index contributed by atoms with van der Waals surface area (Å²) < 4.78 is 5.11. The number of nitrogens with one attached hydrogen (secondary N) is 3.